The maximum absolute atomic E-state index is 12.5. The molecule has 0 bridgehead atoms. The van der Waals surface area contributed by atoms with Gasteiger partial charge < -0.3 is 19.6 Å². The van der Waals surface area contributed by atoms with Gasteiger partial charge in [-0.05, 0) is 74.9 Å². The average molecular weight is 464 g/mol. The maximum atomic E-state index is 12.5. The molecule has 178 valence electrons. The Balaban J connectivity index is 1.54. The number of allylic oxidation sites excluding steroid dienone is 1. The SMILES string of the molecule is CC(C)(C)OC(=O)N1CCN(c2ccc(C(=O)/C=C/c3ccc(/C=C/C(=O)O)nc3)cc2)CC1. The van der Waals surface area contributed by atoms with Crippen LogP contribution in [0, 0.1) is 0 Å². The molecule has 0 saturated carbocycles. The van der Waals surface area contributed by atoms with Crippen molar-refractivity contribution in [3.8, 4) is 0 Å². The van der Waals surface area contributed by atoms with Gasteiger partial charge >= 0.3 is 12.1 Å². The van der Waals surface area contributed by atoms with E-state index in [9.17, 15) is 14.4 Å². The first-order chi connectivity index (χ1) is 16.1. The van der Waals surface area contributed by atoms with Crippen molar-refractivity contribution in [1.29, 1.82) is 0 Å². The predicted octanol–water partition coefficient (Wildman–Crippen LogP) is 4.13. The minimum Gasteiger partial charge on any atom is -0.478 e. The van der Waals surface area contributed by atoms with Gasteiger partial charge in [-0.15, -0.1) is 0 Å². The number of hydrogen-bond donors (Lipinski definition) is 1. The number of anilines is 1. The lowest BCUT2D eigenvalue weighted by Gasteiger charge is -2.36. The van der Waals surface area contributed by atoms with Crippen LogP contribution in [-0.2, 0) is 9.53 Å². The van der Waals surface area contributed by atoms with Gasteiger partial charge in [0.2, 0.25) is 0 Å². The van der Waals surface area contributed by atoms with E-state index in [1.54, 1.807) is 41.4 Å². The molecular formula is C26H29N3O5. The summed E-state index contributed by atoms with van der Waals surface area (Å²) in [4.78, 5) is 43.3. The molecule has 1 N–H and O–H groups in total. The van der Waals surface area contributed by atoms with E-state index in [4.69, 9.17) is 9.84 Å². The molecule has 2 heterocycles. The van der Waals surface area contributed by atoms with Crippen molar-refractivity contribution in [3.63, 3.8) is 0 Å². The molecule has 3 rings (SSSR count). The summed E-state index contributed by atoms with van der Waals surface area (Å²) in [5.41, 5.74) is 2.32. The number of amides is 1. The fourth-order valence-corrected chi connectivity index (χ4v) is 3.35. The summed E-state index contributed by atoms with van der Waals surface area (Å²) in [7, 11) is 0. The summed E-state index contributed by atoms with van der Waals surface area (Å²) in [5, 5.41) is 8.65. The highest BCUT2D eigenvalue weighted by Gasteiger charge is 2.25. The lowest BCUT2D eigenvalue weighted by atomic mass is 10.1. The Kier molecular flexibility index (Phi) is 7.83. The molecule has 34 heavy (non-hydrogen) atoms. The van der Waals surface area contributed by atoms with E-state index in [0.29, 0.717) is 37.4 Å². The predicted molar refractivity (Wildman–Crippen MR) is 131 cm³/mol. The van der Waals surface area contributed by atoms with Crippen molar-refractivity contribution in [1.82, 2.24) is 9.88 Å². The van der Waals surface area contributed by atoms with Gasteiger partial charge in [0.1, 0.15) is 5.60 Å². The Morgan fingerprint density at radius 1 is 0.941 bits per heavy atom. The van der Waals surface area contributed by atoms with E-state index in [-0.39, 0.29) is 11.9 Å². The third kappa shape index (κ3) is 7.30. The van der Waals surface area contributed by atoms with Crippen LogP contribution >= 0.6 is 0 Å². The number of aliphatic carboxylic acids is 1. The molecule has 1 aliphatic heterocycles. The Morgan fingerprint density at radius 3 is 2.18 bits per heavy atom. The van der Waals surface area contributed by atoms with Crippen LogP contribution in [-0.4, -0.2) is 64.6 Å². The zero-order valence-electron chi connectivity index (χ0n) is 19.6. The Morgan fingerprint density at radius 2 is 1.62 bits per heavy atom. The van der Waals surface area contributed by atoms with Crippen molar-refractivity contribution < 1.29 is 24.2 Å². The molecule has 0 unspecified atom stereocenters. The molecule has 1 aromatic carbocycles. The Hall–Kier alpha value is -3.94. The van der Waals surface area contributed by atoms with Crippen LogP contribution in [0.3, 0.4) is 0 Å². The summed E-state index contributed by atoms with van der Waals surface area (Å²) < 4.78 is 5.44. The molecule has 0 atom stereocenters. The van der Waals surface area contributed by atoms with E-state index in [1.165, 1.54) is 12.2 Å². The zero-order valence-corrected chi connectivity index (χ0v) is 19.6. The van der Waals surface area contributed by atoms with Gasteiger partial charge in [-0.3, -0.25) is 9.78 Å². The summed E-state index contributed by atoms with van der Waals surface area (Å²) in [6, 6.07) is 10.9. The molecule has 1 saturated heterocycles. The van der Waals surface area contributed by atoms with Gasteiger partial charge in [-0.2, -0.15) is 0 Å². The van der Waals surface area contributed by atoms with Crippen LogP contribution in [0.4, 0.5) is 10.5 Å². The van der Waals surface area contributed by atoms with Crippen LogP contribution in [0.1, 0.15) is 42.4 Å². The molecule has 1 aliphatic rings. The highest BCUT2D eigenvalue weighted by atomic mass is 16.6. The molecule has 1 fully saturated rings. The second kappa shape index (κ2) is 10.8. The number of rotatable bonds is 6. The molecule has 2 aromatic rings. The third-order valence-electron chi connectivity index (χ3n) is 5.08. The van der Waals surface area contributed by atoms with Crippen molar-refractivity contribution in [2.45, 2.75) is 26.4 Å². The maximum Gasteiger partial charge on any atom is 0.410 e. The third-order valence-corrected chi connectivity index (χ3v) is 5.08. The van der Waals surface area contributed by atoms with E-state index in [2.05, 4.69) is 9.88 Å². The quantitative estimate of drug-likeness (QED) is 0.508. The van der Waals surface area contributed by atoms with Gasteiger partial charge in [0, 0.05) is 49.7 Å². The number of aromatic nitrogens is 1. The van der Waals surface area contributed by atoms with Crippen molar-refractivity contribution in [2.24, 2.45) is 0 Å². The first-order valence-electron chi connectivity index (χ1n) is 11.0. The monoisotopic (exact) mass is 463 g/mol. The highest BCUT2D eigenvalue weighted by Crippen LogP contribution is 2.19. The second-order valence-electron chi connectivity index (χ2n) is 8.89. The van der Waals surface area contributed by atoms with Gasteiger partial charge in [-0.25, -0.2) is 9.59 Å². The number of nitrogens with zero attached hydrogens (tertiary/aromatic N) is 3. The second-order valence-corrected chi connectivity index (χ2v) is 8.89. The zero-order chi connectivity index (χ0) is 24.7. The Labute approximate surface area is 199 Å². The summed E-state index contributed by atoms with van der Waals surface area (Å²) >= 11 is 0. The van der Waals surface area contributed by atoms with E-state index < -0.39 is 11.6 Å². The van der Waals surface area contributed by atoms with Crippen LogP contribution in [0.2, 0.25) is 0 Å². The molecule has 8 nitrogen and oxygen atoms in total. The van der Waals surface area contributed by atoms with Gasteiger partial charge in [-0.1, -0.05) is 6.07 Å². The number of hydrogen-bond acceptors (Lipinski definition) is 6. The average Bonchev–Trinajstić information content (AvgIpc) is 2.81. The first kappa shape index (κ1) is 24.7. The lowest BCUT2D eigenvalue weighted by Crippen LogP contribution is -2.50. The number of carboxylic acids is 1. The van der Waals surface area contributed by atoms with Crippen molar-refractivity contribution in [3.05, 3.63) is 71.6 Å². The number of ketones is 1. The van der Waals surface area contributed by atoms with Crippen LogP contribution in [0.25, 0.3) is 12.2 Å². The number of piperazine rings is 1. The van der Waals surface area contributed by atoms with Crippen LogP contribution in [0.5, 0.6) is 0 Å². The number of carbonyl (C=O) groups is 3. The number of benzene rings is 1. The fraction of sp³-hybridized carbons (Fsp3) is 0.308. The summed E-state index contributed by atoms with van der Waals surface area (Å²) in [6.45, 7) is 8.11. The topological polar surface area (TPSA) is 100 Å². The normalized spacial score (nSPS) is 14.6. The van der Waals surface area contributed by atoms with Gasteiger partial charge in [0.05, 0.1) is 5.69 Å². The molecule has 1 aromatic heterocycles. The van der Waals surface area contributed by atoms with E-state index >= 15 is 0 Å². The summed E-state index contributed by atoms with van der Waals surface area (Å²) in [5.74, 6) is -1.17. The van der Waals surface area contributed by atoms with Crippen LogP contribution < -0.4 is 4.90 Å². The first-order valence-corrected chi connectivity index (χ1v) is 11.0. The molecule has 0 aliphatic carbocycles. The van der Waals surface area contributed by atoms with E-state index in [0.717, 1.165) is 17.3 Å². The van der Waals surface area contributed by atoms with Gasteiger partial charge in [0.25, 0.3) is 0 Å². The number of pyridine rings is 1. The van der Waals surface area contributed by atoms with E-state index in [1.807, 2.05) is 32.9 Å². The van der Waals surface area contributed by atoms with Crippen LogP contribution in [0.15, 0.2) is 54.7 Å². The molecule has 8 heteroatoms. The minimum absolute atomic E-state index is 0.129. The largest absolute Gasteiger partial charge is 0.478 e. The molecular weight excluding hydrogens is 434 g/mol. The van der Waals surface area contributed by atoms with Gasteiger partial charge in [0.15, 0.2) is 5.78 Å². The Bertz CT molecular complexity index is 1070. The number of carbonyl (C=O) groups excluding carboxylic acids is 2. The minimum atomic E-state index is -1.04. The number of ether oxygens (including phenoxy) is 1. The number of carboxylic acid groups (broad SMARTS) is 1. The molecule has 0 spiro atoms. The summed E-state index contributed by atoms with van der Waals surface area (Å²) in [6.07, 6.45) is 6.86. The lowest BCUT2D eigenvalue weighted by molar-refractivity contribution is -0.131. The van der Waals surface area contributed by atoms with Crippen molar-refractivity contribution in [2.75, 3.05) is 31.1 Å². The van der Waals surface area contributed by atoms with Crippen molar-refractivity contribution >= 4 is 35.7 Å². The standard InChI is InChI=1S/C26H29N3O5/c1-26(2,3)34-25(33)29-16-14-28(15-17-29)22-10-6-20(7-11-22)23(30)12-5-19-4-8-21(27-18-19)9-13-24(31)32/h4-13,18H,14-17H2,1-3H3,(H,31,32)/b12-5+,13-9+. The fourth-order valence-electron chi connectivity index (χ4n) is 3.35. The molecule has 1 amide bonds. The molecule has 0 radical (unpaired) electrons. The highest BCUT2D eigenvalue weighted by molar-refractivity contribution is 6.07. The smallest absolute Gasteiger partial charge is 0.410 e.